The van der Waals surface area contributed by atoms with Crippen LogP contribution in [0.1, 0.15) is 36.0 Å². The van der Waals surface area contributed by atoms with Crippen molar-refractivity contribution in [2.45, 2.75) is 32.6 Å². The molecule has 128 valence electrons. The molecule has 3 rings (SSSR count). The van der Waals surface area contributed by atoms with Crippen LogP contribution in [0.3, 0.4) is 0 Å². The Hall–Kier alpha value is -2.06. The average molecular weight is 346 g/mol. The Balaban J connectivity index is 1.76. The Kier molecular flexibility index (Phi) is 5.06. The Morgan fingerprint density at radius 1 is 1.38 bits per heavy atom. The van der Waals surface area contributed by atoms with E-state index in [-0.39, 0.29) is 11.8 Å². The minimum absolute atomic E-state index is 0.219. The highest BCUT2D eigenvalue weighted by atomic mass is 32.1. The predicted octanol–water partition coefficient (Wildman–Crippen LogP) is 1.96. The van der Waals surface area contributed by atoms with Crippen molar-refractivity contribution in [3.63, 3.8) is 0 Å². The molecule has 8 heteroatoms. The number of hydrogen-bond donors (Lipinski definition) is 2. The van der Waals surface area contributed by atoms with Crippen molar-refractivity contribution in [1.29, 1.82) is 0 Å². The molecule has 2 aromatic rings. The second kappa shape index (κ2) is 7.23. The number of aryl methyl sites for hydroxylation is 2. The van der Waals surface area contributed by atoms with Gasteiger partial charge in [-0.2, -0.15) is 0 Å². The molecule has 0 radical (unpaired) electrons. The zero-order valence-corrected chi connectivity index (χ0v) is 14.8. The van der Waals surface area contributed by atoms with Crippen LogP contribution in [-0.2, 0) is 4.79 Å². The van der Waals surface area contributed by atoms with Crippen LogP contribution in [0.25, 0.3) is 0 Å². The number of piperidine rings is 1. The molecular weight excluding hydrogens is 324 g/mol. The van der Waals surface area contributed by atoms with Gasteiger partial charge in [-0.3, -0.25) is 9.69 Å². The Morgan fingerprint density at radius 2 is 2.21 bits per heavy atom. The summed E-state index contributed by atoms with van der Waals surface area (Å²) in [4.78, 5) is 26.9. The van der Waals surface area contributed by atoms with Crippen molar-refractivity contribution in [3.05, 3.63) is 28.7 Å². The largest absolute Gasteiger partial charge is 0.369 e. The fourth-order valence-corrected chi connectivity index (χ4v) is 3.68. The number of nitrogens with zero attached hydrogens (tertiary/aromatic N) is 4. The number of primary amides is 1. The van der Waals surface area contributed by atoms with Crippen molar-refractivity contribution in [1.82, 2.24) is 19.9 Å². The summed E-state index contributed by atoms with van der Waals surface area (Å²) in [6.45, 7) is 5.89. The van der Waals surface area contributed by atoms with E-state index in [0.29, 0.717) is 6.54 Å². The van der Waals surface area contributed by atoms with E-state index in [4.69, 9.17) is 5.73 Å². The first kappa shape index (κ1) is 16.8. The van der Waals surface area contributed by atoms with Crippen molar-refractivity contribution >= 4 is 28.2 Å². The number of rotatable bonds is 5. The van der Waals surface area contributed by atoms with E-state index in [1.165, 1.54) is 0 Å². The molecule has 3 heterocycles. The molecule has 1 aliphatic heterocycles. The lowest BCUT2D eigenvalue weighted by molar-refractivity contribution is -0.119. The number of nitrogens with two attached hydrogens (primary N) is 1. The number of anilines is 2. The molecule has 2 aromatic heterocycles. The normalized spacial score (nSPS) is 18.5. The Morgan fingerprint density at radius 3 is 2.92 bits per heavy atom. The monoisotopic (exact) mass is 346 g/mol. The first-order chi connectivity index (χ1) is 11.5. The second-order valence-electron chi connectivity index (χ2n) is 6.21. The van der Waals surface area contributed by atoms with Gasteiger partial charge in [-0.15, -0.1) is 11.3 Å². The molecule has 1 saturated heterocycles. The zero-order chi connectivity index (χ0) is 17.1. The summed E-state index contributed by atoms with van der Waals surface area (Å²) >= 11 is 1.56. The minimum atomic E-state index is -0.290. The molecule has 0 spiro atoms. The number of likely N-dealkylation sites (tertiary alicyclic amines) is 1. The maximum Gasteiger partial charge on any atom is 0.231 e. The van der Waals surface area contributed by atoms with Gasteiger partial charge in [0.2, 0.25) is 5.91 Å². The summed E-state index contributed by atoms with van der Waals surface area (Å²) in [5, 5.41) is 6.09. The highest BCUT2D eigenvalue weighted by molar-refractivity contribution is 7.13. The lowest BCUT2D eigenvalue weighted by Crippen LogP contribution is -2.40. The number of aromatic nitrogens is 3. The molecule has 0 aliphatic carbocycles. The van der Waals surface area contributed by atoms with Gasteiger partial charge in [0, 0.05) is 29.6 Å². The Bertz CT molecular complexity index is 731. The van der Waals surface area contributed by atoms with Crippen LogP contribution in [-0.4, -0.2) is 45.4 Å². The summed E-state index contributed by atoms with van der Waals surface area (Å²) in [5.74, 6) is 1.51. The highest BCUT2D eigenvalue weighted by Crippen LogP contribution is 2.26. The van der Waals surface area contributed by atoms with Gasteiger partial charge < -0.3 is 11.1 Å². The third-order valence-corrected chi connectivity index (χ3v) is 4.85. The van der Waals surface area contributed by atoms with E-state index < -0.39 is 0 Å². The third kappa shape index (κ3) is 4.27. The molecule has 0 unspecified atom stereocenters. The van der Waals surface area contributed by atoms with E-state index >= 15 is 0 Å². The van der Waals surface area contributed by atoms with Crippen LogP contribution >= 0.6 is 11.3 Å². The molecule has 1 aliphatic rings. The third-order valence-electron chi connectivity index (χ3n) is 3.98. The lowest BCUT2D eigenvalue weighted by atomic mass is 9.97. The number of amides is 1. The van der Waals surface area contributed by atoms with Gasteiger partial charge in [0.05, 0.1) is 12.2 Å². The van der Waals surface area contributed by atoms with E-state index in [1.807, 2.05) is 25.3 Å². The number of nitrogens with one attached hydrogen (secondary N) is 1. The number of carbonyl (C=O) groups excluding carboxylic acids is 1. The van der Waals surface area contributed by atoms with Crippen molar-refractivity contribution < 1.29 is 4.79 Å². The molecule has 0 saturated carbocycles. The minimum Gasteiger partial charge on any atom is -0.369 e. The molecular formula is C16H22N6OS. The first-order valence-corrected chi connectivity index (χ1v) is 8.93. The van der Waals surface area contributed by atoms with E-state index in [2.05, 4.69) is 25.2 Å². The van der Waals surface area contributed by atoms with E-state index in [1.54, 1.807) is 11.3 Å². The van der Waals surface area contributed by atoms with Crippen molar-refractivity contribution in [2.24, 2.45) is 5.73 Å². The number of carbonyl (C=O) groups is 1. The van der Waals surface area contributed by atoms with E-state index in [0.717, 1.165) is 54.1 Å². The zero-order valence-electron chi connectivity index (χ0n) is 14.0. The lowest BCUT2D eigenvalue weighted by Gasteiger charge is -2.31. The van der Waals surface area contributed by atoms with E-state index in [9.17, 15) is 4.79 Å². The quantitative estimate of drug-likeness (QED) is 0.859. The summed E-state index contributed by atoms with van der Waals surface area (Å²) in [6.07, 6.45) is 2.04. The van der Waals surface area contributed by atoms with Gasteiger partial charge in [0.1, 0.15) is 11.6 Å². The summed E-state index contributed by atoms with van der Waals surface area (Å²) in [5.41, 5.74) is 7.22. The van der Waals surface area contributed by atoms with Crippen LogP contribution in [0.2, 0.25) is 0 Å². The molecule has 1 atom stereocenters. The molecule has 1 amide bonds. The first-order valence-electron chi connectivity index (χ1n) is 8.05. The maximum absolute atomic E-state index is 11.2. The van der Waals surface area contributed by atoms with Gasteiger partial charge >= 0.3 is 0 Å². The number of hydrogen-bond acceptors (Lipinski definition) is 7. The van der Waals surface area contributed by atoms with Gasteiger partial charge in [-0.1, -0.05) is 0 Å². The highest BCUT2D eigenvalue weighted by Gasteiger charge is 2.24. The van der Waals surface area contributed by atoms with Gasteiger partial charge in [0.25, 0.3) is 0 Å². The summed E-state index contributed by atoms with van der Waals surface area (Å²) in [6, 6.07) is 1.92. The summed E-state index contributed by atoms with van der Waals surface area (Å²) < 4.78 is 0. The SMILES string of the molecule is Cc1cc(Nc2nc(C)cs2)nc([C@@H]2CCCN(CC(N)=O)C2)n1. The molecule has 1 fully saturated rings. The molecule has 0 bridgehead atoms. The van der Waals surface area contributed by atoms with Crippen molar-refractivity contribution in [2.75, 3.05) is 25.0 Å². The van der Waals surface area contributed by atoms with Gasteiger partial charge in [-0.05, 0) is 33.2 Å². The Labute approximate surface area is 145 Å². The molecule has 7 nitrogen and oxygen atoms in total. The standard InChI is InChI=1S/C16H22N6OS/c1-10-6-14(21-16-19-11(2)9-24-16)20-15(18-10)12-4-3-5-22(7-12)8-13(17)23/h6,9,12H,3-5,7-8H2,1-2H3,(H2,17,23)(H,18,19,20,21)/t12-/m1/s1. The van der Waals surface area contributed by atoms with Crippen molar-refractivity contribution in [3.8, 4) is 0 Å². The fraction of sp³-hybridized carbons (Fsp3) is 0.500. The predicted molar refractivity (Wildman–Crippen MR) is 94.5 cm³/mol. The maximum atomic E-state index is 11.2. The molecule has 3 N–H and O–H groups in total. The average Bonchev–Trinajstić information content (AvgIpc) is 2.91. The molecule has 0 aromatic carbocycles. The van der Waals surface area contributed by atoms with Crippen LogP contribution < -0.4 is 11.1 Å². The van der Waals surface area contributed by atoms with Gasteiger partial charge in [0.15, 0.2) is 5.13 Å². The number of thiazole rings is 1. The fourth-order valence-electron chi connectivity index (χ4n) is 2.99. The molecule has 24 heavy (non-hydrogen) atoms. The summed E-state index contributed by atoms with van der Waals surface area (Å²) in [7, 11) is 0. The van der Waals surface area contributed by atoms with Crippen LogP contribution in [0, 0.1) is 13.8 Å². The smallest absolute Gasteiger partial charge is 0.231 e. The van der Waals surface area contributed by atoms with Crippen LogP contribution in [0.5, 0.6) is 0 Å². The topological polar surface area (TPSA) is 97.0 Å². The van der Waals surface area contributed by atoms with Crippen LogP contribution in [0.15, 0.2) is 11.4 Å². The second-order valence-corrected chi connectivity index (χ2v) is 7.07. The van der Waals surface area contributed by atoms with Gasteiger partial charge in [-0.25, -0.2) is 15.0 Å². The van der Waals surface area contributed by atoms with Crippen LogP contribution in [0.4, 0.5) is 10.9 Å².